The van der Waals surface area contributed by atoms with E-state index in [9.17, 15) is 0 Å². The highest BCUT2D eigenvalue weighted by Gasteiger charge is 2.10. The minimum atomic E-state index is -0.0361. The van der Waals surface area contributed by atoms with Crippen molar-refractivity contribution in [3.05, 3.63) is 35.5 Å². The third-order valence-corrected chi connectivity index (χ3v) is 2.82. The Morgan fingerprint density at radius 1 is 1.19 bits per heavy atom. The molecular weight excluding hydrogens is 272 g/mol. The number of hydrogen-bond acceptors (Lipinski definition) is 6. The molecule has 0 aliphatic carbocycles. The van der Waals surface area contributed by atoms with Gasteiger partial charge in [0, 0.05) is 6.42 Å². The molecule has 0 saturated carbocycles. The number of aliphatic hydroxyl groups excluding tert-OH is 1. The van der Waals surface area contributed by atoms with E-state index in [0.29, 0.717) is 29.8 Å². The zero-order chi connectivity index (χ0) is 15.1. The van der Waals surface area contributed by atoms with Crippen molar-refractivity contribution < 1.29 is 19.1 Å². The van der Waals surface area contributed by atoms with Crippen LogP contribution in [0.1, 0.15) is 37.5 Å². The van der Waals surface area contributed by atoms with Gasteiger partial charge in [-0.15, -0.1) is 0 Å². The number of nitrogens with zero attached hydrogens (tertiary/aromatic N) is 2. The Kier molecular flexibility index (Phi) is 5.57. The van der Waals surface area contributed by atoms with E-state index in [1.54, 1.807) is 18.2 Å². The van der Waals surface area contributed by atoms with E-state index < -0.39 is 0 Å². The Morgan fingerprint density at radius 2 is 2.05 bits per heavy atom. The molecule has 1 N–H and O–H groups in total. The Hall–Kier alpha value is -2.08. The van der Waals surface area contributed by atoms with E-state index in [2.05, 4.69) is 17.1 Å². The quantitative estimate of drug-likeness (QED) is 0.805. The summed E-state index contributed by atoms with van der Waals surface area (Å²) in [6.45, 7) is 4.65. The number of aromatic nitrogens is 2. The van der Waals surface area contributed by atoms with Crippen molar-refractivity contribution in [2.75, 3.05) is 6.61 Å². The van der Waals surface area contributed by atoms with E-state index in [1.165, 1.54) is 0 Å². The van der Waals surface area contributed by atoms with E-state index in [4.69, 9.17) is 19.1 Å². The molecular formula is C15H20N2O4. The topological polar surface area (TPSA) is 77.6 Å². The number of aryl methyl sites for hydroxylation is 1. The molecule has 0 unspecified atom stereocenters. The summed E-state index contributed by atoms with van der Waals surface area (Å²) in [5.74, 6) is 2.32. The Bertz CT molecular complexity index is 569. The zero-order valence-corrected chi connectivity index (χ0v) is 12.3. The van der Waals surface area contributed by atoms with Crippen LogP contribution in [0.25, 0.3) is 0 Å². The summed E-state index contributed by atoms with van der Waals surface area (Å²) < 4.78 is 16.3. The van der Waals surface area contributed by atoms with Crippen molar-refractivity contribution in [1.29, 1.82) is 0 Å². The molecule has 1 heterocycles. The van der Waals surface area contributed by atoms with Crippen LogP contribution in [0.2, 0.25) is 0 Å². The van der Waals surface area contributed by atoms with Gasteiger partial charge < -0.3 is 19.1 Å². The molecule has 114 valence electrons. The van der Waals surface area contributed by atoms with Gasteiger partial charge in [0.05, 0.1) is 13.2 Å². The van der Waals surface area contributed by atoms with Gasteiger partial charge in [-0.3, -0.25) is 0 Å². The predicted octanol–water partition coefficient (Wildman–Crippen LogP) is 2.49. The summed E-state index contributed by atoms with van der Waals surface area (Å²) >= 11 is 0. The summed E-state index contributed by atoms with van der Waals surface area (Å²) in [6.07, 6.45) is 1.72. The largest absolute Gasteiger partial charge is 0.490 e. The van der Waals surface area contributed by atoms with Gasteiger partial charge in [0.1, 0.15) is 0 Å². The molecule has 1 aromatic carbocycles. The van der Waals surface area contributed by atoms with Gasteiger partial charge >= 0.3 is 0 Å². The molecule has 6 heteroatoms. The average Bonchev–Trinajstić information content (AvgIpc) is 2.94. The number of benzene rings is 1. The summed E-state index contributed by atoms with van der Waals surface area (Å²) in [4.78, 5) is 4.24. The van der Waals surface area contributed by atoms with Crippen molar-refractivity contribution in [3.63, 3.8) is 0 Å². The van der Waals surface area contributed by atoms with Crippen molar-refractivity contribution in [2.24, 2.45) is 0 Å². The fourth-order valence-electron chi connectivity index (χ4n) is 1.84. The Balaban J connectivity index is 2.04. The first kappa shape index (κ1) is 15.3. The minimum absolute atomic E-state index is 0.0361. The molecule has 0 radical (unpaired) electrons. The normalized spacial score (nSPS) is 10.6. The third-order valence-electron chi connectivity index (χ3n) is 2.82. The van der Waals surface area contributed by atoms with Crippen molar-refractivity contribution in [2.45, 2.75) is 39.9 Å². The average molecular weight is 292 g/mol. The van der Waals surface area contributed by atoms with Crippen LogP contribution in [0.4, 0.5) is 0 Å². The fourth-order valence-corrected chi connectivity index (χ4v) is 1.84. The lowest BCUT2D eigenvalue weighted by molar-refractivity contribution is 0.255. The fraction of sp³-hybridized carbons (Fsp3) is 0.467. The molecule has 0 fully saturated rings. The van der Waals surface area contributed by atoms with Crippen LogP contribution < -0.4 is 9.47 Å². The predicted molar refractivity (Wildman–Crippen MR) is 76.2 cm³/mol. The van der Waals surface area contributed by atoms with Crippen LogP contribution in [-0.2, 0) is 19.6 Å². The van der Waals surface area contributed by atoms with Gasteiger partial charge in [-0.2, -0.15) is 4.98 Å². The zero-order valence-electron chi connectivity index (χ0n) is 12.3. The van der Waals surface area contributed by atoms with Crippen LogP contribution in [0.3, 0.4) is 0 Å². The van der Waals surface area contributed by atoms with Crippen LogP contribution in [0.5, 0.6) is 11.5 Å². The molecule has 0 aliphatic rings. The number of rotatable bonds is 8. The van der Waals surface area contributed by atoms with Crippen LogP contribution in [0.15, 0.2) is 22.7 Å². The standard InChI is InChI=1S/C15H20N2O4/c1-3-5-15-16-14(17-21-15)10-20-12-7-6-11(9-18)8-13(12)19-4-2/h6-8,18H,3-5,9-10H2,1-2H3. The maximum atomic E-state index is 9.15. The lowest BCUT2D eigenvalue weighted by Gasteiger charge is -2.11. The summed E-state index contributed by atoms with van der Waals surface area (Å²) in [5, 5.41) is 13.0. The highest BCUT2D eigenvalue weighted by molar-refractivity contribution is 5.42. The van der Waals surface area contributed by atoms with E-state index >= 15 is 0 Å². The number of aliphatic hydroxyl groups is 1. The molecule has 0 bridgehead atoms. The van der Waals surface area contributed by atoms with Crippen molar-refractivity contribution >= 4 is 0 Å². The van der Waals surface area contributed by atoms with E-state index in [-0.39, 0.29) is 13.2 Å². The molecule has 0 spiro atoms. The number of hydrogen-bond donors (Lipinski definition) is 1. The monoisotopic (exact) mass is 292 g/mol. The van der Waals surface area contributed by atoms with E-state index in [1.807, 2.05) is 6.92 Å². The highest BCUT2D eigenvalue weighted by atomic mass is 16.5. The van der Waals surface area contributed by atoms with Crippen LogP contribution in [-0.4, -0.2) is 21.9 Å². The Morgan fingerprint density at radius 3 is 2.76 bits per heavy atom. The molecule has 0 atom stereocenters. The summed E-state index contributed by atoms with van der Waals surface area (Å²) in [6, 6.07) is 5.32. The highest BCUT2D eigenvalue weighted by Crippen LogP contribution is 2.29. The first-order chi connectivity index (χ1) is 10.3. The molecule has 0 aliphatic heterocycles. The van der Waals surface area contributed by atoms with Gasteiger partial charge in [-0.05, 0) is 31.0 Å². The molecule has 0 amide bonds. The smallest absolute Gasteiger partial charge is 0.226 e. The first-order valence-corrected chi connectivity index (χ1v) is 7.07. The van der Waals surface area contributed by atoms with Gasteiger partial charge in [0.2, 0.25) is 11.7 Å². The second-order valence-corrected chi connectivity index (χ2v) is 4.52. The minimum Gasteiger partial charge on any atom is -0.490 e. The molecule has 6 nitrogen and oxygen atoms in total. The maximum absolute atomic E-state index is 9.15. The molecule has 2 rings (SSSR count). The third kappa shape index (κ3) is 4.19. The van der Waals surface area contributed by atoms with Gasteiger partial charge in [-0.1, -0.05) is 18.1 Å². The first-order valence-electron chi connectivity index (χ1n) is 7.07. The van der Waals surface area contributed by atoms with Gasteiger partial charge in [0.15, 0.2) is 18.1 Å². The van der Waals surface area contributed by atoms with Crippen molar-refractivity contribution in [3.8, 4) is 11.5 Å². The molecule has 0 saturated heterocycles. The maximum Gasteiger partial charge on any atom is 0.226 e. The summed E-state index contributed by atoms with van der Waals surface area (Å²) in [7, 11) is 0. The van der Waals surface area contributed by atoms with Gasteiger partial charge in [0.25, 0.3) is 0 Å². The van der Waals surface area contributed by atoms with Crippen LogP contribution in [0, 0.1) is 0 Å². The second-order valence-electron chi connectivity index (χ2n) is 4.52. The van der Waals surface area contributed by atoms with E-state index in [0.717, 1.165) is 18.4 Å². The van der Waals surface area contributed by atoms with Gasteiger partial charge in [-0.25, -0.2) is 0 Å². The lowest BCUT2D eigenvalue weighted by Crippen LogP contribution is -2.02. The lowest BCUT2D eigenvalue weighted by atomic mass is 10.2. The summed E-state index contributed by atoms with van der Waals surface area (Å²) in [5.41, 5.74) is 0.774. The number of ether oxygens (including phenoxy) is 2. The SMILES string of the molecule is CCCc1nc(COc2ccc(CO)cc2OCC)no1. The van der Waals surface area contributed by atoms with Crippen molar-refractivity contribution in [1.82, 2.24) is 10.1 Å². The molecule has 1 aromatic heterocycles. The second kappa shape index (κ2) is 7.64. The molecule has 2 aromatic rings. The Labute approximate surface area is 123 Å². The van der Waals surface area contributed by atoms with Crippen LogP contribution >= 0.6 is 0 Å². The molecule has 21 heavy (non-hydrogen) atoms.